The lowest BCUT2D eigenvalue weighted by Gasteiger charge is -2.33. The largest absolute Gasteiger partial charge is 0.409 e. The van der Waals surface area contributed by atoms with Gasteiger partial charge >= 0.3 is 0 Å². The number of amides is 1. The molecule has 0 aliphatic rings. The number of amidine groups is 1. The van der Waals surface area contributed by atoms with Crippen LogP contribution in [0.1, 0.15) is 53.4 Å². The number of rotatable bonds is 7. The van der Waals surface area contributed by atoms with E-state index in [9.17, 15) is 4.79 Å². The molecule has 0 bridgehead atoms. The number of carbonyl (C=O) groups is 1. The van der Waals surface area contributed by atoms with E-state index in [1.807, 2.05) is 6.92 Å². The summed E-state index contributed by atoms with van der Waals surface area (Å²) in [7, 11) is 0. The van der Waals surface area contributed by atoms with Gasteiger partial charge in [-0.05, 0) is 25.7 Å². The second kappa shape index (κ2) is 7.14. The highest BCUT2D eigenvalue weighted by atomic mass is 16.4. The molecule has 5 heteroatoms. The SMILES string of the molecule is CCC(C(=O)NC(CC)(CC)CC)C(N)=NO. The zero-order valence-corrected chi connectivity index (χ0v) is 11.3. The van der Waals surface area contributed by atoms with Crippen molar-refractivity contribution in [1.29, 1.82) is 0 Å². The number of oxime groups is 1. The molecule has 1 atom stereocenters. The molecule has 0 saturated heterocycles. The van der Waals surface area contributed by atoms with Gasteiger partial charge in [0.2, 0.25) is 5.91 Å². The van der Waals surface area contributed by atoms with Gasteiger partial charge in [-0.3, -0.25) is 4.79 Å². The predicted octanol–water partition coefficient (Wildman–Crippen LogP) is 1.84. The van der Waals surface area contributed by atoms with Crippen molar-refractivity contribution in [2.45, 2.75) is 58.9 Å². The molecular formula is C12H25N3O2. The molecule has 100 valence electrons. The molecule has 0 aromatic carbocycles. The fraction of sp³-hybridized carbons (Fsp3) is 0.833. The van der Waals surface area contributed by atoms with Crippen LogP contribution in [0.15, 0.2) is 5.16 Å². The first-order valence-corrected chi connectivity index (χ1v) is 6.29. The summed E-state index contributed by atoms with van der Waals surface area (Å²) in [5.41, 5.74) is 5.33. The van der Waals surface area contributed by atoms with Crippen molar-refractivity contribution in [3.05, 3.63) is 0 Å². The minimum atomic E-state index is -0.552. The average Bonchev–Trinajstić information content (AvgIpc) is 2.36. The van der Waals surface area contributed by atoms with Crippen LogP contribution >= 0.6 is 0 Å². The average molecular weight is 243 g/mol. The van der Waals surface area contributed by atoms with Gasteiger partial charge in [-0.15, -0.1) is 0 Å². The van der Waals surface area contributed by atoms with E-state index >= 15 is 0 Å². The summed E-state index contributed by atoms with van der Waals surface area (Å²) in [5, 5.41) is 14.6. The van der Waals surface area contributed by atoms with Crippen LogP contribution in [0, 0.1) is 5.92 Å². The molecule has 4 N–H and O–H groups in total. The molecule has 0 aliphatic carbocycles. The maximum Gasteiger partial charge on any atom is 0.231 e. The van der Waals surface area contributed by atoms with E-state index in [4.69, 9.17) is 10.9 Å². The molecule has 0 aliphatic heterocycles. The summed E-state index contributed by atoms with van der Waals surface area (Å²) in [4.78, 5) is 12.1. The summed E-state index contributed by atoms with van der Waals surface area (Å²) < 4.78 is 0. The monoisotopic (exact) mass is 243 g/mol. The minimum Gasteiger partial charge on any atom is -0.409 e. The molecule has 5 nitrogen and oxygen atoms in total. The molecule has 0 saturated carbocycles. The third-order valence-corrected chi connectivity index (χ3v) is 3.62. The Bertz CT molecular complexity index is 265. The quantitative estimate of drug-likeness (QED) is 0.276. The number of nitrogens with one attached hydrogen (secondary N) is 1. The van der Waals surface area contributed by atoms with Gasteiger partial charge in [0.25, 0.3) is 0 Å². The van der Waals surface area contributed by atoms with E-state index in [-0.39, 0.29) is 17.3 Å². The maximum absolute atomic E-state index is 12.1. The summed E-state index contributed by atoms with van der Waals surface area (Å²) >= 11 is 0. The van der Waals surface area contributed by atoms with E-state index in [0.29, 0.717) is 6.42 Å². The first kappa shape index (κ1) is 15.7. The summed E-state index contributed by atoms with van der Waals surface area (Å²) in [6.07, 6.45) is 3.14. The van der Waals surface area contributed by atoms with E-state index in [1.54, 1.807) is 0 Å². The molecule has 17 heavy (non-hydrogen) atoms. The Morgan fingerprint density at radius 3 is 2.06 bits per heavy atom. The Morgan fingerprint density at radius 1 is 1.29 bits per heavy atom. The van der Waals surface area contributed by atoms with Gasteiger partial charge in [-0.2, -0.15) is 0 Å². The van der Waals surface area contributed by atoms with Crippen LogP contribution in [-0.4, -0.2) is 22.5 Å². The van der Waals surface area contributed by atoms with Crippen molar-refractivity contribution in [1.82, 2.24) is 5.32 Å². The minimum absolute atomic E-state index is 0.0257. The Kier molecular flexibility index (Phi) is 6.61. The molecule has 0 aromatic heterocycles. The Labute approximate surface area is 103 Å². The van der Waals surface area contributed by atoms with Crippen molar-refractivity contribution in [2.24, 2.45) is 16.8 Å². The van der Waals surface area contributed by atoms with E-state index < -0.39 is 5.92 Å². The molecule has 0 spiro atoms. The van der Waals surface area contributed by atoms with E-state index in [2.05, 4.69) is 31.2 Å². The third kappa shape index (κ3) is 3.91. The number of hydrogen-bond acceptors (Lipinski definition) is 3. The van der Waals surface area contributed by atoms with Crippen molar-refractivity contribution < 1.29 is 10.0 Å². The van der Waals surface area contributed by atoms with Gasteiger partial charge in [-0.1, -0.05) is 32.9 Å². The zero-order valence-electron chi connectivity index (χ0n) is 11.3. The highest BCUT2D eigenvalue weighted by Gasteiger charge is 2.30. The molecular weight excluding hydrogens is 218 g/mol. The number of carbonyl (C=O) groups excluding carboxylic acids is 1. The number of nitrogens with zero attached hydrogens (tertiary/aromatic N) is 1. The Balaban J connectivity index is 4.81. The van der Waals surface area contributed by atoms with Gasteiger partial charge in [0.1, 0.15) is 0 Å². The third-order valence-electron chi connectivity index (χ3n) is 3.62. The lowest BCUT2D eigenvalue weighted by atomic mass is 9.88. The lowest BCUT2D eigenvalue weighted by Crippen LogP contribution is -2.51. The summed E-state index contributed by atoms with van der Waals surface area (Å²) in [6.45, 7) is 8.00. The predicted molar refractivity (Wildman–Crippen MR) is 68.9 cm³/mol. The van der Waals surface area contributed by atoms with Gasteiger partial charge in [-0.25, -0.2) is 0 Å². The van der Waals surface area contributed by atoms with Crippen LogP contribution in [0.3, 0.4) is 0 Å². The first-order valence-electron chi connectivity index (χ1n) is 6.29. The standard InChI is InChI=1S/C12H25N3O2/c1-5-9(10(13)15-17)11(16)14-12(6-2,7-3)8-4/h9,17H,5-8H2,1-4H3,(H2,13,15)(H,14,16). The van der Waals surface area contributed by atoms with Crippen molar-refractivity contribution in [3.8, 4) is 0 Å². The van der Waals surface area contributed by atoms with Crippen molar-refractivity contribution in [2.75, 3.05) is 0 Å². The molecule has 0 aromatic rings. The first-order chi connectivity index (χ1) is 8.00. The van der Waals surface area contributed by atoms with Crippen LogP contribution < -0.4 is 11.1 Å². The van der Waals surface area contributed by atoms with E-state index in [1.165, 1.54) is 0 Å². The zero-order chi connectivity index (χ0) is 13.5. The topological polar surface area (TPSA) is 87.7 Å². The van der Waals surface area contributed by atoms with Gasteiger partial charge in [0, 0.05) is 5.54 Å². The summed E-state index contributed by atoms with van der Waals surface area (Å²) in [5.74, 6) is -0.736. The molecule has 0 fully saturated rings. The van der Waals surface area contributed by atoms with Crippen LogP contribution in [-0.2, 0) is 4.79 Å². The molecule has 0 rings (SSSR count). The number of hydrogen-bond donors (Lipinski definition) is 3. The molecule has 0 radical (unpaired) electrons. The fourth-order valence-electron chi connectivity index (χ4n) is 1.96. The fourth-order valence-corrected chi connectivity index (χ4v) is 1.96. The van der Waals surface area contributed by atoms with Crippen molar-refractivity contribution in [3.63, 3.8) is 0 Å². The second-order valence-corrected chi connectivity index (χ2v) is 4.32. The van der Waals surface area contributed by atoms with Crippen molar-refractivity contribution >= 4 is 11.7 Å². The maximum atomic E-state index is 12.1. The molecule has 0 heterocycles. The molecule has 1 unspecified atom stereocenters. The normalized spacial score (nSPS) is 14.5. The Morgan fingerprint density at radius 2 is 1.76 bits per heavy atom. The van der Waals surface area contributed by atoms with Crippen LogP contribution in [0.25, 0.3) is 0 Å². The van der Waals surface area contributed by atoms with Gasteiger partial charge in [0.05, 0.1) is 5.92 Å². The van der Waals surface area contributed by atoms with Crippen LogP contribution in [0.4, 0.5) is 0 Å². The van der Waals surface area contributed by atoms with Gasteiger partial charge < -0.3 is 16.3 Å². The van der Waals surface area contributed by atoms with Crippen LogP contribution in [0.5, 0.6) is 0 Å². The van der Waals surface area contributed by atoms with Gasteiger partial charge in [0.15, 0.2) is 5.84 Å². The second-order valence-electron chi connectivity index (χ2n) is 4.32. The van der Waals surface area contributed by atoms with E-state index in [0.717, 1.165) is 19.3 Å². The smallest absolute Gasteiger partial charge is 0.231 e. The molecule has 1 amide bonds. The number of nitrogens with two attached hydrogens (primary N) is 1. The highest BCUT2D eigenvalue weighted by Crippen LogP contribution is 2.20. The van der Waals surface area contributed by atoms with Crippen LogP contribution in [0.2, 0.25) is 0 Å². The highest BCUT2D eigenvalue weighted by molar-refractivity contribution is 6.02. The summed E-state index contributed by atoms with van der Waals surface area (Å²) in [6, 6.07) is 0. The lowest BCUT2D eigenvalue weighted by molar-refractivity contribution is -0.125. The Hall–Kier alpha value is -1.26.